The van der Waals surface area contributed by atoms with Crippen LogP contribution in [0.5, 0.6) is 0 Å². The van der Waals surface area contributed by atoms with E-state index in [1.165, 1.54) is 0 Å². The molecule has 1 aliphatic carbocycles. The third-order valence-corrected chi connectivity index (χ3v) is 4.92. The minimum absolute atomic E-state index is 0.0557. The summed E-state index contributed by atoms with van der Waals surface area (Å²) in [6, 6.07) is 7.61. The van der Waals surface area contributed by atoms with Gasteiger partial charge in [0.1, 0.15) is 0 Å². The van der Waals surface area contributed by atoms with Crippen LogP contribution in [0, 0.1) is 11.8 Å². The summed E-state index contributed by atoms with van der Waals surface area (Å²) < 4.78 is 0. The Labute approximate surface area is 137 Å². The molecule has 0 bridgehead atoms. The van der Waals surface area contributed by atoms with Crippen molar-refractivity contribution in [2.24, 2.45) is 11.8 Å². The van der Waals surface area contributed by atoms with Crippen molar-refractivity contribution >= 4 is 17.5 Å². The molecule has 0 aromatic heterocycles. The Morgan fingerprint density at radius 2 is 2.04 bits per heavy atom. The van der Waals surface area contributed by atoms with Gasteiger partial charge >= 0.3 is 0 Å². The lowest BCUT2D eigenvalue weighted by molar-refractivity contribution is -0.117. The second-order valence-corrected chi connectivity index (χ2v) is 6.85. The van der Waals surface area contributed by atoms with Crippen LogP contribution in [0.15, 0.2) is 24.3 Å². The smallest absolute Gasteiger partial charge is 0.251 e. The Morgan fingerprint density at radius 1 is 1.26 bits per heavy atom. The molecular weight excluding hydrogens is 290 g/mol. The van der Waals surface area contributed by atoms with Crippen molar-refractivity contribution in [3.63, 3.8) is 0 Å². The van der Waals surface area contributed by atoms with Crippen LogP contribution in [-0.4, -0.2) is 30.4 Å². The van der Waals surface area contributed by atoms with Crippen LogP contribution in [0.1, 0.15) is 43.5 Å². The number of benzene rings is 1. The van der Waals surface area contributed by atoms with Gasteiger partial charge in [-0.2, -0.15) is 0 Å². The molecule has 0 radical (unpaired) electrons. The molecule has 124 valence electrons. The molecule has 5 heteroatoms. The maximum absolute atomic E-state index is 12.4. The van der Waals surface area contributed by atoms with Crippen LogP contribution in [0.2, 0.25) is 0 Å². The van der Waals surface area contributed by atoms with Crippen LogP contribution >= 0.6 is 0 Å². The number of piperidine rings is 1. The molecule has 2 amide bonds. The Hall–Kier alpha value is -1.88. The molecule has 0 spiro atoms. The molecule has 1 aliphatic heterocycles. The lowest BCUT2D eigenvalue weighted by atomic mass is 9.99. The molecule has 2 fully saturated rings. The highest BCUT2D eigenvalue weighted by molar-refractivity contribution is 5.98. The average Bonchev–Trinajstić information content (AvgIpc) is 3.27. The first-order valence-electron chi connectivity index (χ1n) is 8.50. The van der Waals surface area contributed by atoms with E-state index in [0.29, 0.717) is 17.2 Å². The lowest BCUT2D eigenvalue weighted by Gasteiger charge is -2.30. The summed E-state index contributed by atoms with van der Waals surface area (Å²) in [5.74, 6) is 0.574. The average molecular weight is 315 g/mol. The molecule has 1 aromatic carbocycles. The van der Waals surface area contributed by atoms with Gasteiger partial charge in [-0.1, -0.05) is 13.0 Å². The van der Waals surface area contributed by atoms with Crippen molar-refractivity contribution in [1.29, 1.82) is 0 Å². The SMILES string of the molecule is CC1CC1C(=O)Nc1cccc(C(=O)NC2CCCNC2C)c1. The molecule has 4 atom stereocenters. The first-order valence-corrected chi connectivity index (χ1v) is 8.50. The molecule has 3 rings (SSSR count). The number of carbonyl (C=O) groups excluding carboxylic acids is 2. The maximum Gasteiger partial charge on any atom is 0.251 e. The number of hydrogen-bond donors (Lipinski definition) is 3. The molecule has 3 N–H and O–H groups in total. The highest BCUT2D eigenvalue weighted by atomic mass is 16.2. The minimum Gasteiger partial charge on any atom is -0.348 e. The van der Waals surface area contributed by atoms with Gasteiger partial charge in [0.15, 0.2) is 0 Å². The second-order valence-electron chi connectivity index (χ2n) is 6.85. The first kappa shape index (κ1) is 16.0. The summed E-state index contributed by atoms with van der Waals surface area (Å²) in [4.78, 5) is 24.4. The van der Waals surface area contributed by atoms with Gasteiger partial charge < -0.3 is 16.0 Å². The number of anilines is 1. The van der Waals surface area contributed by atoms with Crippen LogP contribution in [-0.2, 0) is 4.79 Å². The van der Waals surface area contributed by atoms with Crippen molar-refractivity contribution in [2.75, 3.05) is 11.9 Å². The van der Waals surface area contributed by atoms with E-state index in [1.807, 2.05) is 12.1 Å². The van der Waals surface area contributed by atoms with Gasteiger partial charge in [-0.25, -0.2) is 0 Å². The third kappa shape index (κ3) is 3.91. The molecule has 23 heavy (non-hydrogen) atoms. The summed E-state index contributed by atoms with van der Waals surface area (Å²) in [5, 5.41) is 9.38. The van der Waals surface area contributed by atoms with E-state index in [9.17, 15) is 9.59 Å². The zero-order chi connectivity index (χ0) is 16.4. The van der Waals surface area contributed by atoms with Crippen LogP contribution in [0.4, 0.5) is 5.69 Å². The summed E-state index contributed by atoms with van der Waals surface area (Å²) in [6.07, 6.45) is 3.03. The van der Waals surface area contributed by atoms with E-state index in [1.54, 1.807) is 12.1 Å². The van der Waals surface area contributed by atoms with Gasteiger partial charge in [0.2, 0.25) is 5.91 Å². The Balaban J connectivity index is 1.62. The van der Waals surface area contributed by atoms with E-state index in [0.717, 1.165) is 25.8 Å². The van der Waals surface area contributed by atoms with E-state index < -0.39 is 0 Å². The monoisotopic (exact) mass is 315 g/mol. The molecule has 1 saturated carbocycles. The standard InChI is InChI=1S/C18H25N3O2/c1-11-9-15(11)18(23)20-14-6-3-5-13(10-14)17(22)21-16-7-4-8-19-12(16)2/h3,5-6,10-12,15-16,19H,4,7-9H2,1-2H3,(H,20,23)(H,21,22). The van der Waals surface area contributed by atoms with Crippen molar-refractivity contribution in [3.05, 3.63) is 29.8 Å². The Bertz CT molecular complexity index is 602. The quantitative estimate of drug-likeness (QED) is 0.797. The van der Waals surface area contributed by atoms with E-state index in [2.05, 4.69) is 29.8 Å². The fourth-order valence-electron chi connectivity index (χ4n) is 3.15. The fraction of sp³-hybridized carbons (Fsp3) is 0.556. The largest absolute Gasteiger partial charge is 0.348 e. The van der Waals surface area contributed by atoms with Gasteiger partial charge in [-0.3, -0.25) is 9.59 Å². The molecule has 1 saturated heterocycles. The minimum atomic E-state index is -0.0820. The van der Waals surface area contributed by atoms with Crippen molar-refractivity contribution in [1.82, 2.24) is 10.6 Å². The summed E-state index contributed by atoms with van der Waals surface area (Å²) in [6.45, 7) is 5.18. The van der Waals surface area contributed by atoms with Gasteiger partial charge in [0.05, 0.1) is 0 Å². The molecular formula is C18H25N3O2. The highest BCUT2D eigenvalue weighted by Crippen LogP contribution is 2.38. The summed E-state index contributed by atoms with van der Waals surface area (Å²) >= 11 is 0. The lowest BCUT2D eigenvalue weighted by Crippen LogP contribution is -2.51. The number of rotatable bonds is 4. The molecule has 4 unspecified atom stereocenters. The number of hydrogen-bond acceptors (Lipinski definition) is 3. The molecule has 1 aromatic rings. The van der Waals surface area contributed by atoms with Crippen LogP contribution in [0.3, 0.4) is 0 Å². The van der Waals surface area contributed by atoms with Crippen molar-refractivity contribution in [2.45, 2.75) is 45.2 Å². The third-order valence-electron chi connectivity index (χ3n) is 4.92. The molecule has 5 nitrogen and oxygen atoms in total. The zero-order valence-electron chi connectivity index (χ0n) is 13.8. The van der Waals surface area contributed by atoms with Gasteiger partial charge in [-0.15, -0.1) is 0 Å². The van der Waals surface area contributed by atoms with E-state index >= 15 is 0 Å². The Morgan fingerprint density at radius 3 is 2.74 bits per heavy atom. The topological polar surface area (TPSA) is 70.2 Å². The first-order chi connectivity index (χ1) is 11.0. The normalized spacial score (nSPS) is 29.7. The number of amides is 2. The number of nitrogens with one attached hydrogen (secondary N) is 3. The predicted molar refractivity (Wildman–Crippen MR) is 90.3 cm³/mol. The van der Waals surface area contributed by atoms with Crippen LogP contribution < -0.4 is 16.0 Å². The summed E-state index contributed by atoms with van der Waals surface area (Å²) in [5.41, 5.74) is 1.28. The van der Waals surface area contributed by atoms with E-state index in [-0.39, 0.29) is 29.8 Å². The fourth-order valence-corrected chi connectivity index (χ4v) is 3.15. The highest BCUT2D eigenvalue weighted by Gasteiger charge is 2.39. The van der Waals surface area contributed by atoms with Crippen LogP contribution in [0.25, 0.3) is 0 Å². The predicted octanol–water partition coefficient (Wildman–Crippen LogP) is 2.15. The Kier molecular flexibility index (Phi) is 4.66. The molecule has 2 aliphatic rings. The molecule has 1 heterocycles. The summed E-state index contributed by atoms with van der Waals surface area (Å²) in [7, 11) is 0. The van der Waals surface area contributed by atoms with E-state index in [4.69, 9.17) is 0 Å². The van der Waals surface area contributed by atoms with Gasteiger partial charge in [0.25, 0.3) is 5.91 Å². The zero-order valence-corrected chi connectivity index (χ0v) is 13.8. The van der Waals surface area contributed by atoms with Gasteiger partial charge in [0, 0.05) is 29.3 Å². The van der Waals surface area contributed by atoms with Gasteiger partial charge in [-0.05, 0) is 56.8 Å². The second kappa shape index (κ2) is 6.71. The van der Waals surface area contributed by atoms with Crippen molar-refractivity contribution in [3.8, 4) is 0 Å². The maximum atomic E-state index is 12.4. The number of carbonyl (C=O) groups is 2. The van der Waals surface area contributed by atoms with Crippen molar-refractivity contribution < 1.29 is 9.59 Å².